The molecular weight excluding hydrogens is 612 g/mol. The first-order valence-corrected chi connectivity index (χ1v) is 16.3. The first-order valence-electron chi connectivity index (χ1n) is 15.5. The number of amides is 1. The number of ether oxygens (including phenoxy) is 2. The van der Waals surface area contributed by atoms with Gasteiger partial charge in [-0.25, -0.2) is 18.7 Å². The fraction of sp³-hybridized carbons (Fsp3) is 0.455. The molecule has 2 bridgehead atoms. The molecule has 3 fully saturated rings. The van der Waals surface area contributed by atoms with Crippen LogP contribution < -0.4 is 26.4 Å². The zero-order valence-corrected chi connectivity index (χ0v) is 27.0. The molecule has 4 aliphatic rings. The second-order valence-electron chi connectivity index (χ2n) is 13.1. The van der Waals surface area contributed by atoms with E-state index >= 15 is 4.39 Å². The lowest BCUT2D eigenvalue weighted by Gasteiger charge is -2.42. The molecule has 240 valence electrons. The third-order valence-corrected chi connectivity index (χ3v) is 10.7. The average molecular weight is 648 g/mol. The quantitative estimate of drug-likeness (QED) is 0.203. The third kappa shape index (κ3) is 4.65. The Kier molecular flexibility index (Phi) is 7.11. The molecule has 3 aromatic heterocycles. The Morgan fingerprint density at radius 3 is 2.72 bits per heavy atom. The van der Waals surface area contributed by atoms with Crippen molar-refractivity contribution in [1.29, 1.82) is 5.26 Å². The molecule has 10 nitrogen and oxygen atoms in total. The van der Waals surface area contributed by atoms with Gasteiger partial charge >= 0.3 is 0 Å². The number of anilines is 2. The molecule has 1 aliphatic carbocycles. The number of rotatable bonds is 7. The molecule has 1 amide bonds. The summed E-state index contributed by atoms with van der Waals surface area (Å²) in [7, 11) is 0. The average Bonchev–Trinajstić information content (AvgIpc) is 3.61. The molecule has 3 atom stereocenters. The van der Waals surface area contributed by atoms with Crippen LogP contribution in [0, 0.1) is 29.9 Å². The van der Waals surface area contributed by atoms with Gasteiger partial charge in [0.15, 0.2) is 5.82 Å². The number of nitrogens with one attached hydrogen (secondary N) is 3. The summed E-state index contributed by atoms with van der Waals surface area (Å²) in [5, 5.41) is 20.6. The molecule has 0 spiro atoms. The van der Waals surface area contributed by atoms with E-state index in [9.17, 15) is 14.4 Å². The topological polar surface area (TPSA) is 147 Å². The minimum atomic E-state index is -0.747. The van der Waals surface area contributed by atoms with Crippen molar-refractivity contribution in [1.82, 2.24) is 20.6 Å². The van der Waals surface area contributed by atoms with Crippen LogP contribution in [0.4, 0.5) is 19.6 Å². The van der Waals surface area contributed by atoms with E-state index in [1.807, 2.05) is 19.9 Å². The molecule has 4 aromatic rings. The Hall–Kier alpha value is -4.12. The Labute approximate surface area is 268 Å². The lowest BCUT2D eigenvalue weighted by atomic mass is 9.69. The number of aryl methyl sites for hydroxylation is 1. The van der Waals surface area contributed by atoms with Gasteiger partial charge < -0.3 is 31.2 Å². The number of carbonyl (C=O) groups excluding carboxylic acids is 1. The van der Waals surface area contributed by atoms with Crippen LogP contribution >= 0.6 is 11.3 Å². The van der Waals surface area contributed by atoms with Crippen LogP contribution in [0.2, 0.25) is 0 Å². The standard InChI is InChI=1S/C33H35F2N7O3S/c1-6-14(2)38-10-20-16(4)45-31-23-21(15(3)25(40-29(23)39-20)30(43)42-33-11-32(5,12-33)44-13-33)24(35)26(41-31)17-7-8-19(34)27-22(17)18(9-36)28(37)46-27/h7-8,14,16,20,38H,6,10-13,37H2,1-5H3,(H,39,40)(H,42,43)/t14?,16-,20?,32?,33?/m0/s1. The number of fused-ring (bicyclic) bond motifs is 2. The van der Waals surface area contributed by atoms with E-state index < -0.39 is 29.2 Å². The highest BCUT2D eigenvalue weighted by Gasteiger charge is 2.60. The van der Waals surface area contributed by atoms with Crippen LogP contribution in [0.15, 0.2) is 12.1 Å². The number of nitrogens with zero attached hydrogens (tertiary/aromatic N) is 3. The van der Waals surface area contributed by atoms with Gasteiger partial charge in [0, 0.05) is 41.8 Å². The van der Waals surface area contributed by atoms with Crippen molar-refractivity contribution in [2.24, 2.45) is 0 Å². The summed E-state index contributed by atoms with van der Waals surface area (Å²) >= 11 is 0.922. The Balaban J connectivity index is 1.44. The number of halogens is 2. The molecule has 46 heavy (non-hydrogen) atoms. The monoisotopic (exact) mass is 647 g/mol. The zero-order chi connectivity index (χ0) is 32.7. The number of hydrogen-bond donors (Lipinski definition) is 4. The van der Waals surface area contributed by atoms with Crippen LogP contribution in [-0.4, -0.2) is 58.4 Å². The van der Waals surface area contributed by atoms with Crippen molar-refractivity contribution in [3.05, 3.63) is 40.6 Å². The van der Waals surface area contributed by atoms with Crippen molar-refractivity contribution in [3.63, 3.8) is 0 Å². The highest BCUT2D eigenvalue weighted by Crippen LogP contribution is 2.51. The van der Waals surface area contributed by atoms with Crippen molar-refractivity contribution < 1.29 is 23.0 Å². The summed E-state index contributed by atoms with van der Waals surface area (Å²) in [4.78, 5) is 23.3. The molecule has 0 radical (unpaired) electrons. The third-order valence-electron chi connectivity index (χ3n) is 9.68. The van der Waals surface area contributed by atoms with Gasteiger partial charge in [-0.05, 0) is 51.8 Å². The van der Waals surface area contributed by atoms with Crippen LogP contribution in [-0.2, 0) is 4.74 Å². The maximum atomic E-state index is 17.1. The van der Waals surface area contributed by atoms with Crippen LogP contribution in [0.1, 0.15) is 68.6 Å². The smallest absolute Gasteiger partial charge is 0.270 e. The second kappa shape index (κ2) is 10.7. The Morgan fingerprint density at radius 2 is 2.04 bits per heavy atom. The number of nitrogens with two attached hydrogens (primary N) is 1. The predicted molar refractivity (Wildman–Crippen MR) is 173 cm³/mol. The van der Waals surface area contributed by atoms with Crippen LogP contribution in [0.3, 0.4) is 0 Å². The zero-order valence-electron chi connectivity index (χ0n) is 26.2. The van der Waals surface area contributed by atoms with E-state index in [-0.39, 0.29) is 72.4 Å². The number of hydrogen-bond acceptors (Lipinski definition) is 10. The first kappa shape index (κ1) is 30.5. The van der Waals surface area contributed by atoms with E-state index in [1.165, 1.54) is 12.1 Å². The summed E-state index contributed by atoms with van der Waals surface area (Å²) in [6.07, 6.45) is 1.86. The molecule has 1 aromatic carbocycles. The lowest BCUT2D eigenvalue weighted by molar-refractivity contribution is 0.0126. The number of carbonyl (C=O) groups is 1. The predicted octanol–water partition coefficient (Wildman–Crippen LogP) is 5.55. The Morgan fingerprint density at radius 1 is 1.28 bits per heavy atom. The van der Waals surface area contributed by atoms with Gasteiger partial charge in [-0.1, -0.05) is 6.92 Å². The fourth-order valence-corrected chi connectivity index (χ4v) is 8.08. The number of benzene rings is 1. The van der Waals surface area contributed by atoms with Crippen LogP contribution in [0.5, 0.6) is 5.88 Å². The molecule has 2 saturated heterocycles. The first-order chi connectivity index (χ1) is 21.9. The minimum Gasteiger partial charge on any atom is -0.472 e. The van der Waals surface area contributed by atoms with Gasteiger partial charge in [0.05, 0.1) is 39.4 Å². The summed E-state index contributed by atoms with van der Waals surface area (Å²) in [6, 6.07) is 4.57. The molecule has 8 rings (SSSR count). The highest BCUT2D eigenvalue weighted by atomic mass is 32.1. The van der Waals surface area contributed by atoms with E-state index in [0.717, 1.165) is 17.8 Å². The number of thiophene rings is 1. The maximum absolute atomic E-state index is 17.1. The number of pyridine rings is 2. The molecule has 6 heterocycles. The fourth-order valence-electron chi connectivity index (χ4n) is 7.13. The second-order valence-corrected chi connectivity index (χ2v) is 14.2. The normalized spacial score (nSPS) is 25.3. The number of nitrogen functional groups attached to an aromatic ring is 1. The summed E-state index contributed by atoms with van der Waals surface area (Å²) in [5.41, 5.74) is 5.82. The molecule has 3 aliphatic heterocycles. The van der Waals surface area contributed by atoms with Gasteiger partial charge in [-0.3, -0.25) is 4.79 Å². The summed E-state index contributed by atoms with van der Waals surface area (Å²) in [5.74, 6) is -1.36. The minimum absolute atomic E-state index is 0.0477. The van der Waals surface area contributed by atoms with E-state index in [2.05, 4.69) is 34.8 Å². The Bertz CT molecular complexity index is 1980. The summed E-state index contributed by atoms with van der Waals surface area (Å²) < 4.78 is 44.4. The largest absolute Gasteiger partial charge is 0.472 e. The van der Waals surface area contributed by atoms with Crippen molar-refractivity contribution in [3.8, 4) is 23.2 Å². The van der Waals surface area contributed by atoms with E-state index in [0.29, 0.717) is 36.9 Å². The molecule has 2 unspecified atom stereocenters. The number of aromatic nitrogens is 2. The van der Waals surface area contributed by atoms with E-state index in [4.69, 9.17) is 20.2 Å². The summed E-state index contributed by atoms with van der Waals surface area (Å²) in [6.45, 7) is 10.6. The molecular formula is C33H35F2N7O3S. The van der Waals surface area contributed by atoms with Crippen molar-refractivity contribution in [2.45, 2.75) is 83.2 Å². The van der Waals surface area contributed by atoms with E-state index in [1.54, 1.807) is 6.92 Å². The van der Waals surface area contributed by atoms with Gasteiger partial charge in [0.1, 0.15) is 40.2 Å². The van der Waals surface area contributed by atoms with Crippen LogP contribution in [0.25, 0.3) is 32.1 Å². The SMILES string of the molecule is CCC(C)NCC1Nc2nc(C(=O)NC34COC(C)(C3)C4)c(C)c3c(F)c(-c4ccc(F)c5sc(N)c(C#N)c45)nc(c23)O[C@H]1C. The van der Waals surface area contributed by atoms with Gasteiger partial charge in [0.25, 0.3) is 5.91 Å². The highest BCUT2D eigenvalue weighted by molar-refractivity contribution is 7.23. The van der Waals surface area contributed by atoms with Crippen molar-refractivity contribution in [2.75, 3.05) is 24.2 Å². The molecule has 1 saturated carbocycles. The van der Waals surface area contributed by atoms with Crippen molar-refractivity contribution >= 4 is 48.9 Å². The maximum Gasteiger partial charge on any atom is 0.270 e. The molecule has 13 heteroatoms. The van der Waals surface area contributed by atoms with Gasteiger partial charge in [0.2, 0.25) is 5.88 Å². The van der Waals surface area contributed by atoms with Gasteiger partial charge in [-0.2, -0.15) is 5.26 Å². The molecule has 5 N–H and O–H groups in total. The van der Waals surface area contributed by atoms with Gasteiger partial charge in [-0.15, -0.1) is 11.3 Å². The number of nitriles is 1. The lowest BCUT2D eigenvalue weighted by Crippen LogP contribution is -2.58.